The fraction of sp³-hybridized carbons (Fsp3) is 0.545. The zero-order valence-electron chi connectivity index (χ0n) is 8.29. The molecule has 1 aliphatic carbocycles. The highest BCUT2D eigenvalue weighted by Crippen LogP contribution is 2.33. The Morgan fingerprint density at radius 3 is 3.00 bits per heavy atom. The lowest BCUT2D eigenvalue weighted by molar-refractivity contribution is -0.120. The Labute approximate surface area is 83.0 Å². The van der Waals surface area contributed by atoms with Crippen molar-refractivity contribution in [3.8, 4) is 5.95 Å². The molecule has 14 heavy (non-hydrogen) atoms. The number of methoxy groups -OCH3 is 1. The standard InChI is InChI=1S/C11H14O3/c1-13-11-6-5-10(14-11)8-3-2-4-9(12)7-8/h5-6,8H,2-4,7H2,1H3. The second-order valence-electron chi connectivity index (χ2n) is 3.69. The lowest BCUT2D eigenvalue weighted by atomic mass is 9.87. The van der Waals surface area contributed by atoms with Crippen LogP contribution >= 0.6 is 0 Å². The van der Waals surface area contributed by atoms with Crippen LogP contribution in [-0.4, -0.2) is 12.9 Å². The molecule has 2 rings (SSSR count). The minimum atomic E-state index is 0.264. The summed E-state index contributed by atoms with van der Waals surface area (Å²) in [5.74, 6) is 2.02. The van der Waals surface area contributed by atoms with Crippen molar-refractivity contribution in [3.63, 3.8) is 0 Å². The SMILES string of the molecule is COc1ccc(C2CCCC(=O)C2)o1. The maximum atomic E-state index is 11.3. The molecular formula is C11H14O3. The summed E-state index contributed by atoms with van der Waals surface area (Å²) in [6, 6.07) is 3.70. The van der Waals surface area contributed by atoms with Crippen molar-refractivity contribution in [2.45, 2.75) is 31.6 Å². The van der Waals surface area contributed by atoms with E-state index in [1.165, 1.54) is 0 Å². The molecule has 3 nitrogen and oxygen atoms in total. The Bertz CT molecular complexity index is 327. The van der Waals surface area contributed by atoms with E-state index >= 15 is 0 Å². The van der Waals surface area contributed by atoms with Gasteiger partial charge in [0.2, 0.25) is 0 Å². The second kappa shape index (κ2) is 3.86. The van der Waals surface area contributed by atoms with Gasteiger partial charge in [-0.25, -0.2) is 0 Å². The molecule has 76 valence electrons. The van der Waals surface area contributed by atoms with Crippen LogP contribution in [0.5, 0.6) is 5.95 Å². The first kappa shape index (κ1) is 9.31. The van der Waals surface area contributed by atoms with Gasteiger partial charge in [-0.3, -0.25) is 4.79 Å². The predicted octanol–water partition coefficient (Wildman–Crippen LogP) is 2.51. The van der Waals surface area contributed by atoms with Gasteiger partial charge in [-0.05, 0) is 18.9 Å². The summed E-state index contributed by atoms with van der Waals surface area (Å²) in [6.45, 7) is 0. The van der Waals surface area contributed by atoms with Gasteiger partial charge in [-0.15, -0.1) is 0 Å². The third kappa shape index (κ3) is 1.81. The number of carbonyl (C=O) groups is 1. The monoisotopic (exact) mass is 194 g/mol. The molecule has 0 spiro atoms. The largest absolute Gasteiger partial charge is 0.468 e. The van der Waals surface area contributed by atoms with Crippen molar-refractivity contribution in [1.29, 1.82) is 0 Å². The number of ether oxygens (including phenoxy) is 1. The van der Waals surface area contributed by atoms with E-state index in [-0.39, 0.29) is 5.92 Å². The summed E-state index contributed by atoms with van der Waals surface area (Å²) < 4.78 is 10.4. The van der Waals surface area contributed by atoms with Gasteiger partial charge in [-0.2, -0.15) is 0 Å². The van der Waals surface area contributed by atoms with Crippen LogP contribution in [0.3, 0.4) is 0 Å². The molecule has 1 unspecified atom stereocenters. The van der Waals surface area contributed by atoms with Gasteiger partial charge in [0.25, 0.3) is 5.95 Å². The summed E-state index contributed by atoms with van der Waals surface area (Å²) in [5.41, 5.74) is 0. The Morgan fingerprint density at radius 2 is 2.36 bits per heavy atom. The Kier molecular flexibility index (Phi) is 2.57. The number of hydrogen-bond acceptors (Lipinski definition) is 3. The van der Waals surface area contributed by atoms with E-state index in [4.69, 9.17) is 9.15 Å². The molecule has 3 heteroatoms. The molecular weight excluding hydrogens is 180 g/mol. The van der Waals surface area contributed by atoms with Crippen LogP contribution in [0.25, 0.3) is 0 Å². The number of ketones is 1. The highest BCUT2D eigenvalue weighted by atomic mass is 16.6. The van der Waals surface area contributed by atoms with E-state index in [1.807, 2.05) is 6.07 Å². The van der Waals surface area contributed by atoms with Gasteiger partial charge in [0.15, 0.2) is 0 Å². The minimum Gasteiger partial charge on any atom is -0.468 e. The fourth-order valence-corrected chi connectivity index (χ4v) is 1.93. The second-order valence-corrected chi connectivity index (χ2v) is 3.69. The van der Waals surface area contributed by atoms with E-state index in [1.54, 1.807) is 13.2 Å². The number of carbonyl (C=O) groups excluding carboxylic acids is 1. The molecule has 0 amide bonds. The smallest absolute Gasteiger partial charge is 0.284 e. The van der Waals surface area contributed by atoms with Gasteiger partial charge in [0, 0.05) is 24.8 Å². The Balaban J connectivity index is 2.09. The summed E-state index contributed by atoms with van der Waals surface area (Å²) in [4.78, 5) is 11.3. The van der Waals surface area contributed by atoms with Crippen LogP contribution in [0.15, 0.2) is 16.5 Å². The first-order chi connectivity index (χ1) is 6.79. The molecule has 0 N–H and O–H groups in total. The van der Waals surface area contributed by atoms with Gasteiger partial charge >= 0.3 is 0 Å². The summed E-state index contributed by atoms with van der Waals surface area (Å²) in [6.07, 6.45) is 3.37. The van der Waals surface area contributed by atoms with Crippen LogP contribution < -0.4 is 4.74 Å². The number of Topliss-reactive ketones (excluding diaryl/α,β-unsaturated/α-hetero) is 1. The van der Waals surface area contributed by atoms with Crippen LogP contribution in [0.1, 0.15) is 37.4 Å². The molecule has 1 heterocycles. The van der Waals surface area contributed by atoms with Gasteiger partial charge < -0.3 is 9.15 Å². The van der Waals surface area contributed by atoms with E-state index in [9.17, 15) is 4.79 Å². The maximum Gasteiger partial charge on any atom is 0.284 e. The zero-order valence-corrected chi connectivity index (χ0v) is 8.29. The average molecular weight is 194 g/mol. The van der Waals surface area contributed by atoms with Crippen molar-refractivity contribution in [2.24, 2.45) is 0 Å². The van der Waals surface area contributed by atoms with Crippen LogP contribution in [0.2, 0.25) is 0 Å². The predicted molar refractivity (Wildman–Crippen MR) is 51.5 cm³/mol. The normalized spacial score (nSPS) is 22.4. The van der Waals surface area contributed by atoms with E-state index in [0.29, 0.717) is 18.2 Å². The van der Waals surface area contributed by atoms with Gasteiger partial charge in [-0.1, -0.05) is 0 Å². The van der Waals surface area contributed by atoms with E-state index < -0.39 is 0 Å². The average Bonchev–Trinajstić information content (AvgIpc) is 2.66. The number of rotatable bonds is 2. The van der Waals surface area contributed by atoms with Gasteiger partial charge in [0.1, 0.15) is 11.5 Å². The third-order valence-electron chi connectivity index (χ3n) is 2.69. The van der Waals surface area contributed by atoms with Crippen molar-refractivity contribution in [3.05, 3.63) is 17.9 Å². The fourth-order valence-electron chi connectivity index (χ4n) is 1.93. The molecule has 0 aromatic carbocycles. The summed E-state index contributed by atoms with van der Waals surface area (Å²) >= 11 is 0. The first-order valence-electron chi connectivity index (χ1n) is 4.95. The van der Waals surface area contributed by atoms with E-state index in [0.717, 1.165) is 25.0 Å². The van der Waals surface area contributed by atoms with Crippen molar-refractivity contribution < 1.29 is 13.9 Å². The molecule has 1 aromatic rings. The summed E-state index contributed by atoms with van der Waals surface area (Å²) in [5, 5.41) is 0. The zero-order chi connectivity index (χ0) is 9.97. The molecule has 0 saturated heterocycles. The highest BCUT2D eigenvalue weighted by molar-refractivity contribution is 5.79. The lowest BCUT2D eigenvalue weighted by Gasteiger charge is -2.18. The highest BCUT2D eigenvalue weighted by Gasteiger charge is 2.23. The Hall–Kier alpha value is -1.25. The van der Waals surface area contributed by atoms with E-state index in [2.05, 4.69) is 0 Å². The molecule has 1 atom stereocenters. The quantitative estimate of drug-likeness (QED) is 0.726. The first-order valence-corrected chi connectivity index (χ1v) is 4.95. The van der Waals surface area contributed by atoms with Crippen LogP contribution in [-0.2, 0) is 4.79 Å². The van der Waals surface area contributed by atoms with Crippen LogP contribution in [0, 0.1) is 0 Å². The lowest BCUT2D eigenvalue weighted by Crippen LogP contribution is -2.12. The maximum absolute atomic E-state index is 11.3. The molecule has 0 bridgehead atoms. The molecule has 1 fully saturated rings. The Morgan fingerprint density at radius 1 is 1.50 bits per heavy atom. The summed E-state index contributed by atoms with van der Waals surface area (Å²) in [7, 11) is 1.58. The topological polar surface area (TPSA) is 39.4 Å². The number of furan rings is 1. The van der Waals surface area contributed by atoms with Crippen molar-refractivity contribution >= 4 is 5.78 Å². The molecule has 1 aromatic heterocycles. The van der Waals surface area contributed by atoms with Gasteiger partial charge in [0.05, 0.1) is 7.11 Å². The van der Waals surface area contributed by atoms with Crippen LogP contribution in [0.4, 0.5) is 0 Å². The molecule has 0 aliphatic heterocycles. The van der Waals surface area contributed by atoms with Crippen molar-refractivity contribution in [2.75, 3.05) is 7.11 Å². The molecule has 0 radical (unpaired) electrons. The number of hydrogen-bond donors (Lipinski definition) is 0. The van der Waals surface area contributed by atoms with Crippen molar-refractivity contribution in [1.82, 2.24) is 0 Å². The third-order valence-corrected chi connectivity index (χ3v) is 2.69. The molecule has 1 saturated carbocycles. The molecule has 1 aliphatic rings. The minimum absolute atomic E-state index is 0.264.